The molecule has 2 heterocycles. The minimum atomic E-state index is -0.0191. The topological polar surface area (TPSA) is 49.8 Å². The normalized spacial score (nSPS) is 11.0. The van der Waals surface area contributed by atoms with Crippen molar-refractivity contribution in [2.75, 3.05) is 6.54 Å². The maximum absolute atomic E-state index is 12.3. The minimum Gasteiger partial charge on any atom is -0.358 e. The Bertz CT molecular complexity index is 812. The monoisotopic (exact) mass is 407 g/mol. The van der Waals surface area contributed by atoms with E-state index in [1.54, 1.807) is 0 Å². The van der Waals surface area contributed by atoms with Gasteiger partial charge < -0.3 is 14.9 Å². The molecule has 0 spiro atoms. The molecule has 0 saturated heterocycles. The van der Waals surface area contributed by atoms with Gasteiger partial charge >= 0.3 is 0 Å². The predicted octanol–water partition coefficient (Wildman–Crippen LogP) is 3.39. The number of aromatic nitrogens is 2. The molecule has 3 aromatic rings. The van der Waals surface area contributed by atoms with Crippen LogP contribution in [0.1, 0.15) is 21.7 Å². The van der Waals surface area contributed by atoms with Crippen LogP contribution in [-0.4, -0.2) is 22.0 Å². The molecule has 0 fully saturated rings. The van der Waals surface area contributed by atoms with Gasteiger partial charge in [-0.05, 0) is 53.6 Å². The van der Waals surface area contributed by atoms with Crippen LogP contribution in [0.2, 0.25) is 0 Å². The predicted molar refractivity (Wildman–Crippen MR) is 97.2 cm³/mol. The van der Waals surface area contributed by atoms with Crippen LogP contribution in [0.3, 0.4) is 0 Å². The smallest absolute Gasteiger partial charge is 0.269 e. The molecule has 5 heteroatoms. The molecule has 0 aliphatic carbocycles. The molecule has 0 aliphatic rings. The summed E-state index contributed by atoms with van der Waals surface area (Å²) in [5, 5.41) is 4.26. The summed E-state index contributed by atoms with van der Waals surface area (Å²) in [6, 6.07) is 10.2. The lowest BCUT2D eigenvalue weighted by Crippen LogP contribution is -2.28. The molecule has 3 rings (SSSR count). The van der Waals surface area contributed by atoms with E-state index in [0.29, 0.717) is 6.54 Å². The molecule has 1 amide bonds. The van der Waals surface area contributed by atoms with Crippen LogP contribution < -0.4 is 5.32 Å². The van der Waals surface area contributed by atoms with Crippen molar-refractivity contribution >= 4 is 39.4 Å². The highest BCUT2D eigenvalue weighted by molar-refractivity contribution is 14.1. The molecular formula is C17H18IN3O. The van der Waals surface area contributed by atoms with Gasteiger partial charge in [-0.25, -0.2) is 0 Å². The zero-order valence-electron chi connectivity index (χ0n) is 12.6. The first kappa shape index (κ1) is 15.1. The Morgan fingerprint density at radius 3 is 2.82 bits per heavy atom. The number of amides is 1. The van der Waals surface area contributed by atoms with Crippen molar-refractivity contribution in [3.8, 4) is 0 Å². The van der Waals surface area contributed by atoms with E-state index in [9.17, 15) is 4.79 Å². The molecule has 0 aliphatic heterocycles. The Labute approximate surface area is 143 Å². The van der Waals surface area contributed by atoms with Gasteiger partial charge in [0.25, 0.3) is 5.91 Å². The summed E-state index contributed by atoms with van der Waals surface area (Å²) in [4.78, 5) is 15.7. The number of H-pyrrole nitrogens is 1. The van der Waals surface area contributed by atoms with Gasteiger partial charge in [0.1, 0.15) is 5.69 Å². The molecule has 4 nitrogen and oxygen atoms in total. The zero-order chi connectivity index (χ0) is 15.7. The quantitative estimate of drug-likeness (QED) is 0.641. The number of para-hydroxylation sites is 1. The van der Waals surface area contributed by atoms with Crippen LogP contribution in [0.5, 0.6) is 0 Å². The molecule has 2 N–H and O–H groups in total. The molecule has 114 valence electrons. The lowest BCUT2D eigenvalue weighted by Gasteiger charge is -2.07. The fourth-order valence-electron chi connectivity index (χ4n) is 2.81. The van der Waals surface area contributed by atoms with Gasteiger partial charge in [-0.3, -0.25) is 4.79 Å². The maximum atomic E-state index is 12.3. The van der Waals surface area contributed by atoms with E-state index >= 15 is 0 Å². The number of hydrogen-bond acceptors (Lipinski definition) is 1. The minimum absolute atomic E-state index is 0.0191. The first-order valence-electron chi connectivity index (χ1n) is 7.23. The van der Waals surface area contributed by atoms with E-state index in [4.69, 9.17) is 0 Å². The Morgan fingerprint density at radius 2 is 2.09 bits per heavy atom. The van der Waals surface area contributed by atoms with Crippen LogP contribution in [0.25, 0.3) is 10.9 Å². The van der Waals surface area contributed by atoms with Gasteiger partial charge in [0.15, 0.2) is 0 Å². The van der Waals surface area contributed by atoms with Gasteiger partial charge in [-0.15, -0.1) is 0 Å². The van der Waals surface area contributed by atoms with E-state index in [1.807, 2.05) is 36.0 Å². The maximum Gasteiger partial charge on any atom is 0.269 e. The Morgan fingerprint density at radius 1 is 1.32 bits per heavy atom. The summed E-state index contributed by atoms with van der Waals surface area (Å²) in [7, 11) is 1.89. The van der Waals surface area contributed by atoms with E-state index in [-0.39, 0.29) is 5.91 Å². The molecule has 1 aromatic carbocycles. The standard InChI is InChI=1S/C17H18IN3O/c1-11-12(13-5-3-4-6-15(13)20-11)7-9-19-17(22)16-14(18)8-10-21(16)2/h3-6,8,10,20H,7,9H2,1-2H3,(H,19,22). The molecule has 22 heavy (non-hydrogen) atoms. The number of benzene rings is 1. The highest BCUT2D eigenvalue weighted by Crippen LogP contribution is 2.22. The van der Waals surface area contributed by atoms with Crippen molar-refractivity contribution in [3.63, 3.8) is 0 Å². The van der Waals surface area contributed by atoms with Gasteiger partial charge in [-0.2, -0.15) is 0 Å². The van der Waals surface area contributed by atoms with Crippen molar-refractivity contribution in [3.05, 3.63) is 57.1 Å². The van der Waals surface area contributed by atoms with Crippen LogP contribution in [0.15, 0.2) is 36.5 Å². The molecule has 0 radical (unpaired) electrons. The summed E-state index contributed by atoms with van der Waals surface area (Å²) in [6.45, 7) is 2.71. The van der Waals surface area contributed by atoms with E-state index in [2.05, 4.69) is 51.9 Å². The highest BCUT2D eigenvalue weighted by atomic mass is 127. The molecule has 0 atom stereocenters. The van der Waals surface area contributed by atoms with Crippen molar-refractivity contribution in [1.82, 2.24) is 14.9 Å². The lowest BCUT2D eigenvalue weighted by molar-refractivity contribution is 0.0945. The number of carbonyl (C=O) groups is 1. The summed E-state index contributed by atoms with van der Waals surface area (Å²) in [5.41, 5.74) is 4.32. The Kier molecular flexibility index (Phi) is 4.24. The number of hydrogen-bond donors (Lipinski definition) is 2. The SMILES string of the molecule is Cc1[nH]c2ccccc2c1CCNC(=O)c1c(I)ccn1C. The fourth-order valence-corrected chi connectivity index (χ4v) is 3.60. The molecule has 0 unspecified atom stereocenters. The van der Waals surface area contributed by atoms with E-state index < -0.39 is 0 Å². The van der Waals surface area contributed by atoms with Crippen LogP contribution in [-0.2, 0) is 13.5 Å². The first-order valence-corrected chi connectivity index (χ1v) is 8.31. The number of halogens is 1. The molecule has 0 saturated carbocycles. The van der Waals surface area contributed by atoms with Crippen LogP contribution in [0.4, 0.5) is 0 Å². The van der Waals surface area contributed by atoms with Crippen LogP contribution >= 0.6 is 22.6 Å². The van der Waals surface area contributed by atoms with Crippen LogP contribution in [0, 0.1) is 10.5 Å². The molecule has 0 bridgehead atoms. The third kappa shape index (κ3) is 2.77. The lowest BCUT2D eigenvalue weighted by atomic mass is 10.1. The number of aromatic amines is 1. The van der Waals surface area contributed by atoms with Gasteiger partial charge in [-0.1, -0.05) is 18.2 Å². The van der Waals surface area contributed by atoms with Crippen molar-refractivity contribution < 1.29 is 4.79 Å². The largest absolute Gasteiger partial charge is 0.358 e. The third-order valence-corrected chi connectivity index (χ3v) is 4.80. The second-order valence-electron chi connectivity index (χ2n) is 5.40. The van der Waals surface area contributed by atoms with Gasteiger partial charge in [0, 0.05) is 40.0 Å². The van der Waals surface area contributed by atoms with Crippen molar-refractivity contribution in [2.45, 2.75) is 13.3 Å². The first-order chi connectivity index (χ1) is 10.6. The van der Waals surface area contributed by atoms with E-state index in [0.717, 1.165) is 21.2 Å². The van der Waals surface area contributed by atoms with Gasteiger partial charge in [0.2, 0.25) is 0 Å². The van der Waals surface area contributed by atoms with E-state index in [1.165, 1.54) is 16.6 Å². The third-order valence-electron chi connectivity index (χ3n) is 3.93. The number of aryl methyl sites for hydroxylation is 2. The summed E-state index contributed by atoms with van der Waals surface area (Å²) in [5.74, 6) is -0.0191. The second kappa shape index (κ2) is 6.16. The summed E-state index contributed by atoms with van der Waals surface area (Å²) >= 11 is 2.19. The number of nitrogens with zero attached hydrogens (tertiary/aromatic N) is 1. The zero-order valence-corrected chi connectivity index (χ0v) is 14.8. The molecular weight excluding hydrogens is 389 g/mol. The Hall–Kier alpha value is -1.76. The average molecular weight is 407 g/mol. The number of nitrogens with one attached hydrogen (secondary N) is 2. The second-order valence-corrected chi connectivity index (χ2v) is 6.57. The summed E-state index contributed by atoms with van der Waals surface area (Å²) in [6.07, 6.45) is 2.73. The Balaban J connectivity index is 1.70. The summed E-state index contributed by atoms with van der Waals surface area (Å²) < 4.78 is 2.83. The number of carbonyl (C=O) groups excluding carboxylic acids is 1. The van der Waals surface area contributed by atoms with Crippen molar-refractivity contribution in [2.24, 2.45) is 7.05 Å². The fraction of sp³-hybridized carbons (Fsp3) is 0.235. The number of fused-ring (bicyclic) bond motifs is 1. The van der Waals surface area contributed by atoms with Crippen molar-refractivity contribution in [1.29, 1.82) is 0 Å². The van der Waals surface area contributed by atoms with Gasteiger partial charge in [0.05, 0.1) is 0 Å². The number of rotatable bonds is 4. The highest BCUT2D eigenvalue weighted by Gasteiger charge is 2.14. The average Bonchev–Trinajstić information content (AvgIpc) is 2.99. The molecule has 2 aromatic heterocycles.